The molecule has 2 aliphatic heterocycles. The fourth-order valence-corrected chi connectivity index (χ4v) is 6.29. The van der Waals surface area contributed by atoms with Crippen molar-refractivity contribution in [3.8, 4) is 23.0 Å². The molecular weight excluding hydrogens is 831 g/mol. The summed E-state index contributed by atoms with van der Waals surface area (Å²) >= 11 is 17.1. The summed E-state index contributed by atoms with van der Waals surface area (Å²) in [5.74, 6) is 0.765. The van der Waals surface area contributed by atoms with E-state index >= 15 is 0 Å². The highest BCUT2D eigenvalue weighted by molar-refractivity contribution is 6.45. The molecule has 59 heavy (non-hydrogen) atoms. The Morgan fingerprint density at radius 1 is 0.678 bits per heavy atom. The van der Waals surface area contributed by atoms with Gasteiger partial charge in [-0.25, -0.2) is 0 Å². The zero-order valence-corrected chi connectivity index (χ0v) is 34.9. The number of nitro groups is 2. The monoisotopic (exact) mass is 877 g/mol. The van der Waals surface area contributed by atoms with Gasteiger partial charge in [0.1, 0.15) is 36.1 Å². The SMILES string of the molecule is CB(O)N1CCC(Oc2ccc(Cl)cc2N)CC1.CB(O)N1CCC(Oc2ccc(Cl)cc2[N+](=O)[O-])CC1.CB(O)[n+]1ccc(O)cc1.O=[N+]([O-])c1cc(Cl)ccc1O. The average molecular weight is 879 g/mol. The second kappa shape index (κ2) is 23.9. The van der Waals surface area contributed by atoms with E-state index in [9.17, 15) is 30.3 Å². The minimum Gasteiger partial charge on any atom is -0.507 e. The minimum atomic E-state index is -0.693. The van der Waals surface area contributed by atoms with Crippen molar-refractivity contribution in [1.29, 1.82) is 0 Å². The Morgan fingerprint density at radius 3 is 1.49 bits per heavy atom. The van der Waals surface area contributed by atoms with Crippen molar-refractivity contribution in [3.63, 3.8) is 0 Å². The van der Waals surface area contributed by atoms with Crippen LogP contribution >= 0.6 is 34.8 Å². The van der Waals surface area contributed by atoms with Gasteiger partial charge in [0.15, 0.2) is 11.5 Å². The summed E-state index contributed by atoms with van der Waals surface area (Å²) < 4.78 is 13.2. The lowest BCUT2D eigenvalue weighted by Gasteiger charge is -2.32. The molecule has 2 saturated heterocycles. The molecule has 23 heteroatoms. The van der Waals surface area contributed by atoms with Crippen molar-refractivity contribution in [2.45, 2.75) is 58.4 Å². The zero-order valence-electron chi connectivity index (χ0n) is 32.7. The van der Waals surface area contributed by atoms with Crippen LogP contribution in [0.15, 0.2) is 79.1 Å². The molecule has 6 rings (SSSR count). The van der Waals surface area contributed by atoms with Crippen LogP contribution in [0.25, 0.3) is 0 Å². The molecule has 17 nitrogen and oxygen atoms in total. The largest absolute Gasteiger partial charge is 0.653 e. The number of aromatic nitrogens is 1. The van der Waals surface area contributed by atoms with Crippen LogP contribution in [0.2, 0.25) is 35.5 Å². The maximum absolute atomic E-state index is 11.0. The number of aromatic hydroxyl groups is 2. The Bertz CT molecular complexity index is 1960. The highest BCUT2D eigenvalue weighted by atomic mass is 35.5. The first-order valence-corrected chi connectivity index (χ1v) is 19.6. The summed E-state index contributed by atoms with van der Waals surface area (Å²) in [5.41, 5.74) is 5.93. The lowest BCUT2D eigenvalue weighted by molar-refractivity contribution is -0.549. The third kappa shape index (κ3) is 16.6. The number of phenolic OH excluding ortho intramolecular Hbond substituents is 1. The van der Waals surface area contributed by atoms with Gasteiger partial charge in [0.05, 0.1) is 15.5 Å². The summed E-state index contributed by atoms with van der Waals surface area (Å²) in [6.07, 6.45) is 6.54. The summed E-state index contributed by atoms with van der Waals surface area (Å²) in [6, 6.07) is 16.4. The van der Waals surface area contributed by atoms with Crippen LogP contribution in [0, 0.1) is 20.2 Å². The lowest BCUT2D eigenvalue weighted by atomic mass is 9.82. The van der Waals surface area contributed by atoms with Crippen LogP contribution in [-0.4, -0.2) is 104 Å². The van der Waals surface area contributed by atoms with Crippen LogP contribution in [-0.2, 0) is 0 Å². The van der Waals surface area contributed by atoms with E-state index in [0.717, 1.165) is 44.8 Å². The first-order chi connectivity index (χ1) is 27.8. The lowest BCUT2D eigenvalue weighted by Crippen LogP contribution is -2.48. The van der Waals surface area contributed by atoms with Crippen molar-refractivity contribution < 1.29 is 49.1 Å². The van der Waals surface area contributed by atoms with Crippen LogP contribution in [0.3, 0.4) is 0 Å². The molecular formula is C36H47B3Cl3N6O11+. The molecule has 0 aliphatic carbocycles. The maximum Gasteiger partial charge on any atom is 0.653 e. The molecule has 0 unspecified atom stereocenters. The van der Waals surface area contributed by atoms with Gasteiger partial charge in [-0.1, -0.05) is 34.8 Å². The molecule has 2 fully saturated rings. The molecule has 3 aromatic carbocycles. The van der Waals surface area contributed by atoms with Crippen molar-refractivity contribution in [1.82, 2.24) is 9.62 Å². The number of phenols is 1. The number of nitrogens with two attached hydrogens (primary N) is 1. The molecule has 4 aromatic rings. The van der Waals surface area contributed by atoms with Gasteiger partial charge in [-0.2, -0.15) is 0 Å². The zero-order chi connectivity index (χ0) is 43.8. The smallest absolute Gasteiger partial charge is 0.507 e. The van der Waals surface area contributed by atoms with E-state index in [-0.39, 0.29) is 52.9 Å². The van der Waals surface area contributed by atoms with Gasteiger partial charge in [0.2, 0.25) is 0 Å². The van der Waals surface area contributed by atoms with Gasteiger partial charge in [-0.15, -0.1) is 0 Å². The molecule has 316 valence electrons. The molecule has 0 bridgehead atoms. The maximum atomic E-state index is 11.0. The Balaban J connectivity index is 0.000000219. The van der Waals surface area contributed by atoms with Crippen molar-refractivity contribution in [2.75, 3.05) is 31.9 Å². The van der Waals surface area contributed by atoms with Gasteiger partial charge in [-0.05, 0) is 108 Å². The standard InChI is InChI=1S/C12H16BClN2O4.C12H18BClN2O2.C6H8BNO2.C6H4ClNO3/c1-13(17)15-6-4-10(5-7-15)20-12-3-2-9(14)8-11(12)16(18)19;1-13(17)16-6-4-10(5-7-16)18-12-3-2-9(14)8-11(12)15;1-7(10)8-4-2-6(9)3-5-8;7-4-1-2-6(9)5(3-4)8(10)11/h2-3,8,10,17H,4-7H2,1H3;2-3,8,10,17H,4-7,15H2,1H3;2-5,10H,1H3;1-3,9H/p+1. The van der Waals surface area contributed by atoms with Crippen LogP contribution in [0.5, 0.6) is 23.0 Å². The highest BCUT2D eigenvalue weighted by Crippen LogP contribution is 2.32. The van der Waals surface area contributed by atoms with Gasteiger partial charge in [0, 0.05) is 46.2 Å². The predicted octanol–water partition coefficient (Wildman–Crippen LogP) is 5.67. The average Bonchev–Trinajstić information content (AvgIpc) is 3.19. The number of rotatable bonds is 9. The molecule has 0 radical (unpaired) electrons. The van der Waals surface area contributed by atoms with E-state index in [1.54, 1.807) is 61.6 Å². The Labute approximate surface area is 358 Å². The number of piperidine rings is 2. The number of benzene rings is 3. The van der Waals surface area contributed by atoms with E-state index in [1.807, 2.05) is 9.62 Å². The van der Waals surface area contributed by atoms with Gasteiger partial charge in [0.25, 0.3) is 0 Å². The second-order valence-electron chi connectivity index (χ2n) is 13.5. The molecule has 1 aromatic heterocycles. The van der Waals surface area contributed by atoms with Gasteiger partial charge in [-0.3, -0.25) is 24.7 Å². The molecule has 3 heterocycles. The summed E-state index contributed by atoms with van der Waals surface area (Å²) in [6.45, 7) is 8.28. The number of ether oxygens (including phenoxy) is 2. The van der Waals surface area contributed by atoms with Gasteiger partial charge >= 0.3 is 32.5 Å². The summed E-state index contributed by atoms with van der Waals surface area (Å²) in [7, 11) is -1.40. The van der Waals surface area contributed by atoms with Crippen molar-refractivity contribution in [2.24, 2.45) is 0 Å². The first-order valence-electron chi connectivity index (χ1n) is 18.5. The topological polar surface area (TPSA) is 242 Å². The van der Waals surface area contributed by atoms with Crippen LogP contribution in [0.4, 0.5) is 17.1 Å². The Kier molecular flexibility index (Phi) is 19.8. The number of anilines is 1. The normalized spacial score (nSPS) is 14.5. The number of nitrogen functional groups attached to an aromatic ring is 1. The number of nitrogens with zero attached hydrogens (tertiary/aromatic N) is 5. The van der Waals surface area contributed by atoms with E-state index in [4.69, 9.17) is 65.2 Å². The third-order valence-electron chi connectivity index (χ3n) is 9.09. The fraction of sp³-hybridized carbons (Fsp3) is 0.361. The third-order valence-corrected chi connectivity index (χ3v) is 9.79. The number of nitro benzene ring substituents is 2. The fourth-order valence-electron chi connectivity index (χ4n) is 5.78. The molecule has 2 aliphatic rings. The number of halogens is 3. The van der Waals surface area contributed by atoms with E-state index < -0.39 is 23.9 Å². The second-order valence-corrected chi connectivity index (χ2v) is 14.9. The molecule has 0 saturated carbocycles. The molecule has 7 N–H and O–H groups in total. The van der Waals surface area contributed by atoms with Crippen molar-refractivity contribution in [3.05, 3.63) is 114 Å². The number of hydrogen-bond donors (Lipinski definition) is 6. The van der Waals surface area contributed by atoms with E-state index in [0.29, 0.717) is 34.6 Å². The molecule has 0 amide bonds. The van der Waals surface area contributed by atoms with E-state index in [2.05, 4.69) is 0 Å². The molecule has 0 spiro atoms. The van der Waals surface area contributed by atoms with Gasteiger partial charge < -0.3 is 50.1 Å². The summed E-state index contributed by atoms with van der Waals surface area (Å²) in [5, 5.41) is 68.0. The number of pyridine rings is 1. The predicted molar refractivity (Wildman–Crippen MR) is 229 cm³/mol. The first kappa shape index (κ1) is 48.8. The quantitative estimate of drug-likeness (QED) is 0.0514. The van der Waals surface area contributed by atoms with Crippen LogP contribution < -0.4 is 19.7 Å². The van der Waals surface area contributed by atoms with Crippen LogP contribution in [0.1, 0.15) is 25.7 Å². The number of hydrogen-bond acceptors (Lipinski definition) is 14. The van der Waals surface area contributed by atoms with Crippen molar-refractivity contribution >= 4 is 73.0 Å². The minimum absolute atomic E-state index is 0.0788. The van der Waals surface area contributed by atoms with E-state index in [1.165, 1.54) is 36.4 Å². The highest BCUT2D eigenvalue weighted by Gasteiger charge is 2.28. The Hall–Kier alpha value is -4.53. The molecule has 0 atom stereocenters. The Morgan fingerprint density at radius 2 is 1.08 bits per heavy atom. The summed E-state index contributed by atoms with van der Waals surface area (Å²) in [4.78, 5) is 23.9.